The number of amides is 1. The van der Waals surface area contributed by atoms with E-state index in [1.54, 1.807) is 6.07 Å². The second kappa shape index (κ2) is 9.91. The second-order valence-electron chi connectivity index (χ2n) is 10.7. The summed E-state index contributed by atoms with van der Waals surface area (Å²) in [6.07, 6.45) is 3.39. The Balaban J connectivity index is 1.42. The van der Waals surface area contributed by atoms with Gasteiger partial charge in [-0.3, -0.25) is 9.69 Å². The summed E-state index contributed by atoms with van der Waals surface area (Å²) in [4.78, 5) is 28.1. The van der Waals surface area contributed by atoms with Crippen LogP contribution in [0.2, 0.25) is 0 Å². The van der Waals surface area contributed by atoms with E-state index in [1.165, 1.54) is 0 Å². The van der Waals surface area contributed by atoms with Crippen molar-refractivity contribution in [2.75, 3.05) is 44.8 Å². The molecule has 10 heteroatoms. The minimum absolute atomic E-state index is 0.0485. The smallest absolute Gasteiger partial charge is 0.236 e. The Morgan fingerprint density at radius 3 is 2.89 bits per heavy atom. The van der Waals surface area contributed by atoms with Gasteiger partial charge in [0.2, 0.25) is 5.91 Å². The number of nitrogens with zero attached hydrogens (tertiary/aromatic N) is 4. The molecule has 3 aliphatic rings. The summed E-state index contributed by atoms with van der Waals surface area (Å²) in [7, 11) is 0. The predicted octanol–water partition coefficient (Wildman–Crippen LogP) is 3.30. The van der Waals surface area contributed by atoms with Gasteiger partial charge in [0.1, 0.15) is 28.9 Å². The van der Waals surface area contributed by atoms with Crippen LogP contribution in [0, 0.1) is 12.7 Å². The van der Waals surface area contributed by atoms with Crippen LogP contribution in [0.3, 0.4) is 0 Å². The van der Waals surface area contributed by atoms with Gasteiger partial charge in [-0.1, -0.05) is 12.1 Å². The number of halogens is 1. The summed E-state index contributed by atoms with van der Waals surface area (Å²) in [6.45, 7) is 7.37. The maximum atomic E-state index is 14.2. The fourth-order valence-corrected chi connectivity index (χ4v) is 6.43. The molecule has 38 heavy (non-hydrogen) atoms. The maximum Gasteiger partial charge on any atom is 0.236 e. The van der Waals surface area contributed by atoms with Crippen molar-refractivity contribution in [2.45, 2.75) is 57.2 Å². The van der Waals surface area contributed by atoms with Crippen molar-refractivity contribution in [1.82, 2.24) is 19.8 Å². The fourth-order valence-electron chi connectivity index (χ4n) is 6.43. The zero-order valence-corrected chi connectivity index (χ0v) is 21.9. The van der Waals surface area contributed by atoms with Crippen molar-refractivity contribution in [3.63, 3.8) is 0 Å². The molecule has 1 spiro atoms. The number of aliphatic hydroxyl groups is 1. The van der Waals surface area contributed by atoms with E-state index >= 15 is 0 Å². The molecule has 2 fully saturated rings. The third-order valence-electron chi connectivity index (χ3n) is 8.37. The molecule has 2 saturated heterocycles. The van der Waals surface area contributed by atoms with Crippen molar-refractivity contribution >= 4 is 22.7 Å². The van der Waals surface area contributed by atoms with Gasteiger partial charge in [0, 0.05) is 43.5 Å². The number of carbonyl (C=O) groups is 1. The number of hydrogen-bond acceptors (Lipinski definition) is 8. The highest BCUT2D eigenvalue weighted by molar-refractivity contribution is 5.91. The fraction of sp³-hybridized carbons (Fsp3) is 0.536. The topological polar surface area (TPSA) is 104 Å². The van der Waals surface area contributed by atoms with E-state index in [-0.39, 0.29) is 30.4 Å². The van der Waals surface area contributed by atoms with Gasteiger partial charge < -0.3 is 24.5 Å². The highest BCUT2D eigenvalue weighted by Gasteiger charge is 2.54. The van der Waals surface area contributed by atoms with Gasteiger partial charge in [-0.15, -0.1) is 0 Å². The predicted molar refractivity (Wildman–Crippen MR) is 139 cm³/mol. The van der Waals surface area contributed by atoms with Crippen molar-refractivity contribution in [1.29, 1.82) is 0 Å². The van der Waals surface area contributed by atoms with Crippen LogP contribution in [0.15, 0.2) is 28.9 Å². The number of anilines is 1. The number of fused-ring (bicyclic) bond motifs is 3. The first kappa shape index (κ1) is 25.2. The number of para-hydroxylation sites is 1. The van der Waals surface area contributed by atoms with E-state index in [0.717, 1.165) is 42.5 Å². The second-order valence-corrected chi connectivity index (χ2v) is 10.7. The van der Waals surface area contributed by atoms with Crippen LogP contribution in [0.25, 0.3) is 11.0 Å². The number of aliphatic hydroxyl groups excluding tert-OH is 1. The molecule has 1 amide bonds. The zero-order valence-electron chi connectivity index (χ0n) is 21.9. The molecule has 0 radical (unpaired) electrons. The first-order valence-electron chi connectivity index (χ1n) is 13.4. The normalized spacial score (nSPS) is 23.4. The van der Waals surface area contributed by atoms with Gasteiger partial charge in [-0.25, -0.2) is 14.4 Å². The summed E-state index contributed by atoms with van der Waals surface area (Å²) in [6, 6.07) is 5.32. The Morgan fingerprint density at radius 1 is 1.29 bits per heavy atom. The van der Waals surface area contributed by atoms with Crippen molar-refractivity contribution in [2.24, 2.45) is 0 Å². The zero-order chi connectivity index (χ0) is 26.4. The molecule has 202 valence electrons. The molecular weight excluding hydrogens is 489 g/mol. The van der Waals surface area contributed by atoms with Crippen LogP contribution in [0.4, 0.5) is 10.2 Å². The molecule has 0 aliphatic carbocycles. The Labute approximate surface area is 221 Å². The number of rotatable bonds is 6. The molecule has 9 nitrogen and oxygen atoms in total. The van der Waals surface area contributed by atoms with Crippen LogP contribution in [0.5, 0.6) is 0 Å². The minimum Gasteiger partial charge on any atom is -0.461 e. The van der Waals surface area contributed by atoms with Crippen LogP contribution in [-0.4, -0.2) is 76.3 Å². The van der Waals surface area contributed by atoms with E-state index in [1.807, 2.05) is 30.9 Å². The quantitative estimate of drug-likeness (QED) is 0.507. The van der Waals surface area contributed by atoms with Crippen molar-refractivity contribution in [3.8, 4) is 0 Å². The van der Waals surface area contributed by atoms with Crippen LogP contribution in [-0.2, 0) is 21.5 Å². The van der Waals surface area contributed by atoms with Gasteiger partial charge in [0.15, 0.2) is 5.82 Å². The van der Waals surface area contributed by atoms with Crippen LogP contribution < -0.4 is 5.32 Å². The molecule has 3 aliphatic heterocycles. The van der Waals surface area contributed by atoms with Gasteiger partial charge in [-0.05, 0) is 45.7 Å². The Kier molecular flexibility index (Phi) is 6.57. The molecule has 6 rings (SSSR count). The summed E-state index contributed by atoms with van der Waals surface area (Å²) in [5.41, 5.74) is 2.27. The highest BCUT2D eigenvalue weighted by atomic mass is 19.1. The largest absolute Gasteiger partial charge is 0.461 e. The number of furan rings is 1. The molecule has 5 heterocycles. The Hall–Kier alpha value is -3.08. The van der Waals surface area contributed by atoms with Gasteiger partial charge in [0.05, 0.1) is 30.3 Å². The summed E-state index contributed by atoms with van der Waals surface area (Å²) in [5.74, 6) is 1.01. The molecule has 1 aromatic carbocycles. The Bertz CT molecular complexity index is 1360. The Morgan fingerprint density at radius 2 is 2.11 bits per heavy atom. The van der Waals surface area contributed by atoms with E-state index in [4.69, 9.17) is 19.1 Å². The van der Waals surface area contributed by atoms with Crippen LogP contribution in [0.1, 0.15) is 54.9 Å². The van der Waals surface area contributed by atoms with Gasteiger partial charge >= 0.3 is 0 Å². The number of ether oxygens (including phenoxy) is 1. The third kappa shape index (κ3) is 4.15. The van der Waals surface area contributed by atoms with E-state index in [9.17, 15) is 14.3 Å². The van der Waals surface area contributed by atoms with Gasteiger partial charge in [0.25, 0.3) is 0 Å². The van der Waals surface area contributed by atoms with E-state index < -0.39 is 5.41 Å². The molecule has 2 atom stereocenters. The lowest BCUT2D eigenvalue weighted by molar-refractivity contribution is -0.144. The van der Waals surface area contributed by atoms with E-state index in [2.05, 4.69) is 10.2 Å². The molecular formula is C28H34FN5O4. The lowest BCUT2D eigenvalue weighted by Crippen LogP contribution is -2.57. The summed E-state index contributed by atoms with van der Waals surface area (Å²) >= 11 is 0. The molecule has 0 saturated carbocycles. The van der Waals surface area contributed by atoms with E-state index in [0.29, 0.717) is 61.9 Å². The highest BCUT2D eigenvalue weighted by Crippen LogP contribution is 2.44. The monoisotopic (exact) mass is 523 g/mol. The lowest BCUT2D eigenvalue weighted by atomic mass is 9.76. The average Bonchev–Trinajstić information content (AvgIpc) is 3.52. The molecule has 0 bridgehead atoms. The number of carbonyl (C=O) groups excluding carboxylic acids is 1. The number of β-amino-alcohol motifs (C(OH)–C–C–N with tert-alkyl or cyclic N) is 1. The summed E-state index contributed by atoms with van der Waals surface area (Å²) in [5, 5.41) is 13.6. The molecule has 3 aromatic rings. The first-order chi connectivity index (χ1) is 18.4. The average molecular weight is 524 g/mol. The molecule has 2 N–H and O–H groups in total. The molecule has 1 unspecified atom stereocenters. The number of likely N-dealkylation sites (tertiary alicyclic amines) is 1. The van der Waals surface area contributed by atoms with Crippen molar-refractivity contribution < 1.29 is 23.4 Å². The standard InChI is InChI=1S/C28H34FN5O4/c1-17(20-4-3-5-21-23(29)15-38-24(20)21)30-26-22-14-34(19-6-12-37-13-7-19)27(36)28(25(22)31-18(2)32-26)8-9-33(16-28)10-11-35/h3-5,15,17,19,35H,6-14,16H2,1-2H3,(H,30,31,32)/t17-,28?/m1/s1. The van der Waals surface area contributed by atoms with Gasteiger partial charge in [-0.2, -0.15) is 0 Å². The number of hydrogen-bond donors (Lipinski definition) is 2. The number of aromatic nitrogens is 2. The number of benzene rings is 1. The first-order valence-corrected chi connectivity index (χ1v) is 13.4. The third-order valence-corrected chi connectivity index (χ3v) is 8.37. The minimum atomic E-state index is -0.779. The summed E-state index contributed by atoms with van der Waals surface area (Å²) < 4.78 is 25.4. The number of aryl methyl sites for hydroxylation is 1. The maximum absolute atomic E-state index is 14.2. The number of nitrogens with one attached hydrogen (secondary N) is 1. The van der Waals surface area contributed by atoms with Crippen LogP contribution >= 0.6 is 0 Å². The SMILES string of the molecule is Cc1nc(N[C@H](C)c2cccc3c(F)coc23)c2c(n1)C1(CCN(CCO)C1)C(=O)N(C1CCOCC1)C2. The lowest BCUT2D eigenvalue weighted by Gasteiger charge is -2.45. The molecule has 2 aromatic heterocycles. The van der Waals surface area contributed by atoms with Crippen molar-refractivity contribution in [3.05, 3.63) is 52.9 Å².